The van der Waals surface area contributed by atoms with Crippen LogP contribution in [-0.4, -0.2) is 5.97 Å². The van der Waals surface area contributed by atoms with Crippen LogP contribution < -0.4 is 4.74 Å². The standard InChI is InChI=1S/C24H22Br2FNO3/c1-24(2)19(10-11-22(25)26)20(24)13-23(29)31-21(14-28)15-4-3-5-18(12-15)30-17-8-6-16(27)7-9-17/h3-9,11-12,19-21H,10,13H2,1-2H3/t19?,20?,21-/m0/s1. The number of carbonyl (C=O) groups excluding carboxylic acids is 1. The summed E-state index contributed by atoms with van der Waals surface area (Å²) in [7, 11) is 0. The first kappa shape index (κ1) is 23.5. The second kappa shape index (κ2) is 9.97. The number of benzene rings is 2. The number of esters is 1. The van der Waals surface area contributed by atoms with E-state index in [4.69, 9.17) is 9.47 Å². The van der Waals surface area contributed by atoms with E-state index in [0.29, 0.717) is 23.0 Å². The Morgan fingerprint density at radius 2 is 1.90 bits per heavy atom. The molecule has 0 radical (unpaired) electrons. The van der Waals surface area contributed by atoms with E-state index >= 15 is 0 Å². The van der Waals surface area contributed by atoms with Gasteiger partial charge in [-0.25, -0.2) is 4.39 Å². The van der Waals surface area contributed by atoms with Crippen LogP contribution in [0.25, 0.3) is 0 Å². The van der Waals surface area contributed by atoms with Crippen LogP contribution in [0.15, 0.2) is 58.0 Å². The van der Waals surface area contributed by atoms with Crippen molar-refractivity contribution in [1.82, 2.24) is 0 Å². The third-order valence-corrected chi connectivity index (χ3v) is 6.42. The average molecular weight is 551 g/mol. The molecule has 0 aromatic heterocycles. The molecule has 0 saturated heterocycles. The van der Waals surface area contributed by atoms with Crippen molar-refractivity contribution in [3.63, 3.8) is 0 Å². The molecule has 31 heavy (non-hydrogen) atoms. The zero-order valence-corrected chi connectivity index (χ0v) is 20.3. The van der Waals surface area contributed by atoms with E-state index < -0.39 is 6.10 Å². The highest BCUT2D eigenvalue weighted by molar-refractivity contribution is 9.28. The quantitative estimate of drug-likeness (QED) is 0.321. The number of halogens is 3. The Hall–Kier alpha value is -2.17. The molecular formula is C24H22Br2FNO3. The van der Waals surface area contributed by atoms with Crippen LogP contribution in [0.1, 0.15) is 38.4 Å². The minimum Gasteiger partial charge on any atom is -0.457 e. The molecule has 2 unspecified atom stereocenters. The van der Waals surface area contributed by atoms with Gasteiger partial charge in [0.15, 0.2) is 0 Å². The molecule has 0 amide bonds. The molecule has 7 heteroatoms. The van der Waals surface area contributed by atoms with Gasteiger partial charge < -0.3 is 9.47 Å². The van der Waals surface area contributed by atoms with Gasteiger partial charge in [0.05, 0.1) is 3.39 Å². The van der Waals surface area contributed by atoms with Crippen molar-refractivity contribution in [3.05, 3.63) is 69.4 Å². The Morgan fingerprint density at radius 3 is 2.55 bits per heavy atom. The molecule has 3 atom stereocenters. The minimum atomic E-state index is -1.03. The van der Waals surface area contributed by atoms with Gasteiger partial charge in [-0.2, -0.15) is 5.26 Å². The van der Waals surface area contributed by atoms with Crippen LogP contribution in [0.5, 0.6) is 11.5 Å². The third-order valence-electron chi connectivity index (χ3n) is 5.78. The first-order valence-electron chi connectivity index (χ1n) is 9.84. The van der Waals surface area contributed by atoms with E-state index in [9.17, 15) is 14.4 Å². The summed E-state index contributed by atoms with van der Waals surface area (Å²) in [6, 6.07) is 14.5. The number of ether oxygens (including phenoxy) is 2. The molecule has 1 aliphatic carbocycles. The highest BCUT2D eigenvalue weighted by atomic mass is 79.9. The number of nitrogens with zero attached hydrogens (tertiary/aromatic N) is 1. The van der Waals surface area contributed by atoms with Crippen LogP contribution in [0.4, 0.5) is 4.39 Å². The predicted molar refractivity (Wildman–Crippen MR) is 123 cm³/mol. The minimum absolute atomic E-state index is 0.0516. The van der Waals surface area contributed by atoms with Crippen molar-refractivity contribution in [1.29, 1.82) is 5.26 Å². The molecule has 162 valence electrons. The van der Waals surface area contributed by atoms with Crippen LogP contribution in [0.3, 0.4) is 0 Å². The summed E-state index contributed by atoms with van der Waals surface area (Å²) in [5, 5.41) is 9.56. The molecule has 1 saturated carbocycles. The molecular weight excluding hydrogens is 529 g/mol. The van der Waals surface area contributed by atoms with E-state index in [1.54, 1.807) is 24.3 Å². The fourth-order valence-electron chi connectivity index (χ4n) is 3.85. The summed E-state index contributed by atoms with van der Waals surface area (Å²) in [6.45, 7) is 4.28. The predicted octanol–water partition coefficient (Wildman–Crippen LogP) is 7.41. The number of hydrogen-bond acceptors (Lipinski definition) is 4. The lowest BCUT2D eigenvalue weighted by Gasteiger charge is -2.13. The number of carbonyl (C=O) groups is 1. The smallest absolute Gasteiger partial charge is 0.307 e. The Kier molecular flexibility index (Phi) is 7.55. The lowest BCUT2D eigenvalue weighted by Crippen LogP contribution is -2.12. The Morgan fingerprint density at radius 1 is 1.19 bits per heavy atom. The molecule has 1 aliphatic rings. The van der Waals surface area contributed by atoms with Crippen LogP contribution in [-0.2, 0) is 9.53 Å². The maximum absolute atomic E-state index is 13.1. The molecule has 0 spiro atoms. The molecule has 3 rings (SSSR count). The average Bonchev–Trinajstić information content (AvgIpc) is 3.24. The van der Waals surface area contributed by atoms with Crippen molar-refractivity contribution in [2.24, 2.45) is 17.3 Å². The first-order chi connectivity index (χ1) is 14.7. The summed E-state index contributed by atoms with van der Waals surface area (Å²) in [4.78, 5) is 12.5. The van der Waals surface area contributed by atoms with Gasteiger partial charge in [-0.3, -0.25) is 4.79 Å². The van der Waals surface area contributed by atoms with Gasteiger partial charge in [-0.1, -0.05) is 32.1 Å². The molecule has 2 aromatic carbocycles. The lowest BCUT2D eigenvalue weighted by molar-refractivity contribution is -0.147. The number of hydrogen-bond donors (Lipinski definition) is 0. The molecule has 0 heterocycles. The van der Waals surface area contributed by atoms with E-state index in [-0.39, 0.29) is 29.5 Å². The topological polar surface area (TPSA) is 59.3 Å². The Labute approximate surface area is 198 Å². The maximum atomic E-state index is 13.1. The molecule has 4 nitrogen and oxygen atoms in total. The zero-order chi connectivity index (χ0) is 22.6. The summed E-state index contributed by atoms with van der Waals surface area (Å²) in [5.74, 6) is 0.792. The Balaban J connectivity index is 1.62. The third kappa shape index (κ3) is 6.18. The fraction of sp³-hybridized carbons (Fsp3) is 0.333. The normalized spacial score (nSPS) is 19.6. The van der Waals surface area contributed by atoms with Crippen molar-refractivity contribution in [2.75, 3.05) is 0 Å². The van der Waals surface area contributed by atoms with Gasteiger partial charge in [-0.15, -0.1) is 0 Å². The number of rotatable bonds is 8. The van der Waals surface area contributed by atoms with Crippen LogP contribution >= 0.6 is 31.9 Å². The summed E-state index contributed by atoms with van der Waals surface area (Å²) >= 11 is 6.72. The molecule has 0 aliphatic heterocycles. The highest BCUT2D eigenvalue weighted by Crippen LogP contribution is 2.62. The van der Waals surface area contributed by atoms with Crippen molar-refractivity contribution < 1.29 is 18.7 Å². The number of nitriles is 1. The summed E-state index contributed by atoms with van der Waals surface area (Å²) in [5.41, 5.74) is 0.573. The summed E-state index contributed by atoms with van der Waals surface area (Å²) in [6.07, 6.45) is 2.15. The van der Waals surface area contributed by atoms with Gasteiger partial charge in [0.2, 0.25) is 6.10 Å². The zero-order valence-electron chi connectivity index (χ0n) is 17.1. The molecule has 1 fully saturated rings. The highest BCUT2D eigenvalue weighted by Gasteiger charge is 2.57. The monoisotopic (exact) mass is 549 g/mol. The molecule has 0 N–H and O–H groups in total. The van der Waals surface area contributed by atoms with Gasteiger partial charge in [0.1, 0.15) is 23.4 Å². The van der Waals surface area contributed by atoms with Gasteiger partial charge in [0, 0.05) is 12.0 Å². The van der Waals surface area contributed by atoms with Gasteiger partial charge in [0.25, 0.3) is 0 Å². The van der Waals surface area contributed by atoms with Crippen molar-refractivity contribution in [3.8, 4) is 17.6 Å². The van der Waals surface area contributed by atoms with Crippen molar-refractivity contribution >= 4 is 37.8 Å². The van der Waals surface area contributed by atoms with E-state index in [2.05, 4.69) is 45.7 Å². The summed E-state index contributed by atoms with van der Waals surface area (Å²) < 4.78 is 25.2. The van der Waals surface area contributed by atoms with E-state index in [1.165, 1.54) is 24.3 Å². The van der Waals surface area contributed by atoms with Gasteiger partial charge in [-0.05, 0) is 91.9 Å². The van der Waals surface area contributed by atoms with Crippen LogP contribution in [0, 0.1) is 34.4 Å². The maximum Gasteiger partial charge on any atom is 0.307 e. The SMILES string of the molecule is CC1(C)C(CC=C(Br)Br)C1CC(=O)O[C@@H](C#N)c1cccc(Oc2ccc(F)cc2)c1. The van der Waals surface area contributed by atoms with E-state index in [1.807, 2.05) is 12.1 Å². The van der Waals surface area contributed by atoms with E-state index in [0.717, 1.165) is 9.81 Å². The van der Waals surface area contributed by atoms with Crippen LogP contribution in [0.2, 0.25) is 0 Å². The fourth-order valence-corrected chi connectivity index (χ4v) is 4.23. The molecule has 2 aromatic rings. The largest absolute Gasteiger partial charge is 0.457 e. The first-order valence-corrected chi connectivity index (χ1v) is 11.4. The van der Waals surface area contributed by atoms with Crippen molar-refractivity contribution in [2.45, 2.75) is 32.8 Å². The second-order valence-electron chi connectivity index (χ2n) is 8.10. The second-order valence-corrected chi connectivity index (χ2v) is 10.9. The lowest BCUT2D eigenvalue weighted by atomic mass is 10.1. The number of allylic oxidation sites excluding steroid dienone is 1. The Bertz CT molecular complexity index is 1010. The van der Waals surface area contributed by atoms with Gasteiger partial charge >= 0.3 is 5.97 Å². The molecule has 0 bridgehead atoms.